The Balaban J connectivity index is 1.54. The quantitative estimate of drug-likeness (QED) is 0.470. The topological polar surface area (TPSA) is 123 Å². The van der Waals surface area contributed by atoms with Crippen molar-refractivity contribution in [3.05, 3.63) is 41.2 Å². The molecule has 9 nitrogen and oxygen atoms in total. The number of carbonyl (C=O) groups is 2. The Labute approximate surface area is 198 Å². The predicted octanol–water partition coefficient (Wildman–Crippen LogP) is 3.80. The van der Waals surface area contributed by atoms with Gasteiger partial charge in [-0.15, -0.1) is 0 Å². The van der Waals surface area contributed by atoms with Crippen LogP contribution in [0, 0.1) is 12.3 Å². The number of nitrogens with zero attached hydrogens (tertiary/aromatic N) is 3. The van der Waals surface area contributed by atoms with Crippen LogP contribution in [0.5, 0.6) is 0 Å². The minimum atomic E-state index is -0.896. The average molecular weight is 463 g/mol. The van der Waals surface area contributed by atoms with E-state index in [0.29, 0.717) is 30.9 Å². The molecular formula is C25H30N6O3. The number of aromatic nitrogens is 3. The summed E-state index contributed by atoms with van der Waals surface area (Å²) in [6.45, 7) is 9.21. The molecule has 1 saturated heterocycles. The number of amides is 2. The number of H-pyrrole nitrogens is 1. The monoisotopic (exact) mass is 462 g/mol. The van der Waals surface area contributed by atoms with E-state index in [0.717, 1.165) is 40.1 Å². The largest absolute Gasteiger partial charge is 0.465 e. The van der Waals surface area contributed by atoms with Gasteiger partial charge in [0.1, 0.15) is 11.3 Å². The van der Waals surface area contributed by atoms with Crippen LogP contribution in [-0.2, 0) is 6.42 Å². The predicted molar refractivity (Wildman–Crippen MR) is 130 cm³/mol. The number of hydrogen-bond donors (Lipinski definition) is 4. The Kier molecular flexibility index (Phi) is 5.22. The number of rotatable bonds is 3. The van der Waals surface area contributed by atoms with E-state index >= 15 is 0 Å². The Bertz CT molecular complexity index is 1290. The molecule has 1 aromatic carbocycles. The van der Waals surface area contributed by atoms with Gasteiger partial charge in [-0.3, -0.25) is 4.79 Å². The SMILES string of the molecule is Cc1nc2cccc(-c3cc4c([nH]3)CCNC4=O)c2nc1NC1CCN(C(=O)O)C1C(C)(C)C. The summed E-state index contributed by atoms with van der Waals surface area (Å²) in [5.74, 6) is 0.589. The van der Waals surface area contributed by atoms with Crippen molar-refractivity contribution in [2.75, 3.05) is 18.4 Å². The third kappa shape index (κ3) is 3.74. The summed E-state index contributed by atoms with van der Waals surface area (Å²) >= 11 is 0. The second kappa shape index (κ2) is 8.00. The van der Waals surface area contributed by atoms with Gasteiger partial charge in [0, 0.05) is 36.5 Å². The van der Waals surface area contributed by atoms with Gasteiger partial charge in [0.25, 0.3) is 5.91 Å². The maximum absolute atomic E-state index is 12.3. The number of hydrogen-bond acceptors (Lipinski definition) is 5. The van der Waals surface area contributed by atoms with E-state index in [2.05, 4.69) is 36.4 Å². The van der Waals surface area contributed by atoms with Crippen LogP contribution >= 0.6 is 0 Å². The number of carboxylic acid groups (broad SMARTS) is 1. The summed E-state index contributed by atoms with van der Waals surface area (Å²) in [5.41, 5.74) is 5.34. The first kappa shape index (κ1) is 22.2. The van der Waals surface area contributed by atoms with Gasteiger partial charge in [0.15, 0.2) is 0 Å². The number of carbonyl (C=O) groups excluding carboxylic acids is 1. The molecule has 2 atom stereocenters. The van der Waals surface area contributed by atoms with Gasteiger partial charge in [-0.2, -0.15) is 0 Å². The number of para-hydroxylation sites is 1. The van der Waals surface area contributed by atoms with Gasteiger partial charge < -0.3 is 25.6 Å². The smallest absolute Gasteiger partial charge is 0.407 e. The van der Waals surface area contributed by atoms with Crippen LogP contribution in [0.2, 0.25) is 0 Å². The minimum Gasteiger partial charge on any atom is -0.465 e. The molecular weight excluding hydrogens is 432 g/mol. The standard InChI is InChI=1S/C25H30N6O3/c1-13-22(29-18-9-11-31(24(33)34)21(18)25(2,3)4)30-20-14(6-5-7-17(20)27-13)19-12-15-16(28-19)8-10-26-23(15)32/h5-7,12,18,21,28H,8-11H2,1-4H3,(H,26,32)(H,29,30)(H,33,34). The first-order chi connectivity index (χ1) is 16.1. The summed E-state index contributed by atoms with van der Waals surface area (Å²) < 4.78 is 0. The number of benzene rings is 1. The van der Waals surface area contributed by atoms with Crippen LogP contribution in [0.15, 0.2) is 24.3 Å². The second-order valence-corrected chi connectivity index (χ2v) is 10.2. The zero-order chi connectivity index (χ0) is 24.2. The Morgan fingerprint density at radius 3 is 2.74 bits per heavy atom. The van der Waals surface area contributed by atoms with Gasteiger partial charge in [-0.1, -0.05) is 32.9 Å². The molecule has 1 fully saturated rings. The van der Waals surface area contributed by atoms with Crippen molar-refractivity contribution in [2.45, 2.75) is 52.6 Å². The van der Waals surface area contributed by atoms with Crippen molar-refractivity contribution in [3.8, 4) is 11.3 Å². The van der Waals surface area contributed by atoms with E-state index in [9.17, 15) is 14.7 Å². The van der Waals surface area contributed by atoms with E-state index in [-0.39, 0.29) is 23.4 Å². The maximum Gasteiger partial charge on any atom is 0.407 e. The number of anilines is 1. The van der Waals surface area contributed by atoms with E-state index in [1.807, 2.05) is 31.2 Å². The fourth-order valence-corrected chi connectivity index (χ4v) is 5.36. The first-order valence-electron chi connectivity index (χ1n) is 11.7. The molecule has 5 rings (SSSR count). The number of aromatic amines is 1. The Hall–Kier alpha value is -3.62. The highest BCUT2D eigenvalue weighted by Gasteiger charge is 2.44. The van der Waals surface area contributed by atoms with Gasteiger partial charge in [0.2, 0.25) is 0 Å². The van der Waals surface area contributed by atoms with Crippen LogP contribution < -0.4 is 10.6 Å². The van der Waals surface area contributed by atoms with Crippen LogP contribution in [0.3, 0.4) is 0 Å². The molecule has 2 amide bonds. The molecule has 0 bridgehead atoms. The lowest BCUT2D eigenvalue weighted by molar-refractivity contribution is 0.0945. The molecule has 2 aliphatic heterocycles. The number of aryl methyl sites for hydroxylation is 1. The molecule has 0 aliphatic carbocycles. The van der Waals surface area contributed by atoms with Crippen molar-refractivity contribution in [1.29, 1.82) is 0 Å². The molecule has 2 unspecified atom stereocenters. The summed E-state index contributed by atoms with van der Waals surface area (Å²) in [4.78, 5) is 38.8. The molecule has 0 saturated carbocycles. The van der Waals surface area contributed by atoms with Crippen molar-refractivity contribution in [2.24, 2.45) is 5.41 Å². The van der Waals surface area contributed by atoms with Crippen LogP contribution in [0.1, 0.15) is 48.9 Å². The molecule has 9 heteroatoms. The normalized spacial score (nSPS) is 20.4. The van der Waals surface area contributed by atoms with E-state index in [1.54, 1.807) is 0 Å². The van der Waals surface area contributed by atoms with Crippen molar-refractivity contribution in [1.82, 2.24) is 25.2 Å². The highest BCUT2D eigenvalue weighted by molar-refractivity contribution is 5.99. The summed E-state index contributed by atoms with van der Waals surface area (Å²) in [7, 11) is 0. The Morgan fingerprint density at radius 1 is 1.24 bits per heavy atom. The maximum atomic E-state index is 12.3. The number of fused-ring (bicyclic) bond motifs is 2. The molecule has 4 heterocycles. The summed E-state index contributed by atoms with van der Waals surface area (Å²) in [6, 6.07) is 7.46. The molecule has 3 aromatic rings. The second-order valence-electron chi connectivity index (χ2n) is 10.2. The summed E-state index contributed by atoms with van der Waals surface area (Å²) in [6.07, 6.45) is 0.569. The minimum absolute atomic E-state index is 0.0642. The fraction of sp³-hybridized carbons (Fsp3) is 0.440. The lowest BCUT2D eigenvalue weighted by atomic mass is 9.82. The van der Waals surface area contributed by atoms with E-state index < -0.39 is 6.09 Å². The molecule has 34 heavy (non-hydrogen) atoms. The van der Waals surface area contributed by atoms with Crippen LogP contribution in [0.25, 0.3) is 22.3 Å². The van der Waals surface area contributed by atoms with Crippen molar-refractivity contribution < 1.29 is 14.7 Å². The first-order valence-corrected chi connectivity index (χ1v) is 11.7. The molecule has 0 radical (unpaired) electrons. The zero-order valence-corrected chi connectivity index (χ0v) is 19.9. The van der Waals surface area contributed by atoms with Crippen LogP contribution in [-0.4, -0.2) is 62.1 Å². The molecule has 0 spiro atoms. The van der Waals surface area contributed by atoms with E-state index in [4.69, 9.17) is 9.97 Å². The van der Waals surface area contributed by atoms with Gasteiger partial charge in [-0.05, 0) is 30.9 Å². The molecule has 2 aliphatic rings. The molecule has 4 N–H and O–H groups in total. The average Bonchev–Trinajstić information content (AvgIpc) is 3.39. The highest BCUT2D eigenvalue weighted by Crippen LogP contribution is 2.36. The lowest BCUT2D eigenvalue weighted by Crippen LogP contribution is -2.49. The van der Waals surface area contributed by atoms with Gasteiger partial charge >= 0.3 is 6.09 Å². The van der Waals surface area contributed by atoms with Crippen LogP contribution in [0.4, 0.5) is 10.6 Å². The molecule has 178 valence electrons. The Morgan fingerprint density at radius 2 is 2.03 bits per heavy atom. The third-order valence-corrected chi connectivity index (χ3v) is 6.82. The van der Waals surface area contributed by atoms with Gasteiger partial charge in [-0.25, -0.2) is 14.8 Å². The van der Waals surface area contributed by atoms with E-state index in [1.165, 1.54) is 4.90 Å². The third-order valence-electron chi connectivity index (χ3n) is 6.82. The molecule has 2 aromatic heterocycles. The number of likely N-dealkylation sites (tertiary alicyclic amines) is 1. The lowest BCUT2D eigenvalue weighted by Gasteiger charge is -2.37. The van der Waals surface area contributed by atoms with Gasteiger partial charge in [0.05, 0.1) is 28.9 Å². The van der Waals surface area contributed by atoms with Crippen molar-refractivity contribution in [3.63, 3.8) is 0 Å². The fourth-order valence-electron chi connectivity index (χ4n) is 5.36. The van der Waals surface area contributed by atoms with Crippen molar-refractivity contribution >= 4 is 28.9 Å². The number of nitrogens with one attached hydrogen (secondary N) is 3. The highest BCUT2D eigenvalue weighted by atomic mass is 16.4. The zero-order valence-electron chi connectivity index (χ0n) is 19.9. The summed E-state index contributed by atoms with van der Waals surface area (Å²) in [5, 5.41) is 16.1.